The Labute approximate surface area is 154 Å². The minimum atomic E-state index is -0.0866. The first-order chi connectivity index (χ1) is 12.0. The largest absolute Gasteiger partial charge is 0.397 e. The summed E-state index contributed by atoms with van der Waals surface area (Å²) in [6, 6.07) is 7.32. The Hall–Kier alpha value is -2.22. The van der Waals surface area contributed by atoms with Crippen molar-refractivity contribution in [1.82, 2.24) is 9.97 Å². The molecule has 0 aliphatic rings. The van der Waals surface area contributed by atoms with E-state index in [1.54, 1.807) is 19.2 Å². The summed E-state index contributed by atoms with van der Waals surface area (Å²) >= 11 is 7.26. The molecule has 3 aromatic rings. The third-order valence-corrected chi connectivity index (χ3v) is 5.07. The summed E-state index contributed by atoms with van der Waals surface area (Å²) in [7, 11) is 1.63. The van der Waals surface area contributed by atoms with Gasteiger partial charge in [0.1, 0.15) is 4.83 Å². The Morgan fingerprint density at radius 2 is 2.04 bits per heavy atom. The molecular formula is C17H17ClN4O2S. The zero-order chi connectivity index (χ0) is 18.0. The van der Waals surface area contributed by atoms with Crippen molar-refractivity contribution in [3.05, 3.63) is 34.2 Å². The zero-order valence-electron chi connectivity index (χ0n) is 13.8. The molecule has 3 N–H and O–H groups in total. The summed E-state index contributed by atoms with van der Waals surface area (Å²) < 4.78 is 5.04. The molecule has 0 spiro atoms. The van der Waals surface area contributed by atoms with Crippen molar-refractivity contribution in [3.8, 4) is 11.3 Å². The van der Waals surface area contributed by atoms with Gasteiger partial charge < -0.3 is 15.8 Å². The number of ketones is 1. The van der Waals surface area contributed by atoms with Crippen LogP contribution in [0.2, 0.25) is 5.02 Å². The van der Waals surface area contributed by atoms with Crippen LogP contribution in [0.1, 0.15) is 16.6 Å². The molecule has 0 radical (unpaired) electrons. The molecule has 0 amide bonds. The van der Waals surface area contributed by atoms with Crippen molar-refractivity contribution in [2.75, 3.05) is 31.3 Å². The highest BCUT2D eigenvalue weighted by Crippen LogP contribution is 2.39. The fourth-order valence-corrected chi connectivity index (χ4v) is 3.56. The van der Waals surface area contributed by atoms with E-state index in [4.69, 9.17) is 22.1 Å². The van der Waals surface area contributed by atoms with Crippen LogP contribution in [0.3, 0.4) is 0 Å². The fraction of sp³-hybridized carbons (Fsp3) is 0.235. The second-order valence-corrected chi connectivity index (χ2v) is 6.84. The summed E-state index contributed by atoms with van der Waals surface area (Å²) in [4.78, 5) is 22.1. The lowest BCUT2D eigenvalue weighted by Crippen LogP contribution is -2.10. The normalized spacial score (nSPS) is 11.0. The molecule has 130 valence electrons. The lowest BCUT2D eigenvalue weighted by atomic mass is 10.1. The van der Waals surface area contributed by atoms with Gasteiger partial charge in [0.2, 0.25) is 5.95 Å². The minimum absolute atomic E-state index is 0.0866. The van der Waals surface area contributed by atoms with Gasteiger partial charge in [-0.05, 0) is 12.1 Å². The van der Waals surface area contributed by atoms with Gasteiger partial charge in [-0.2, -0.15) is 0 Å². The molecule has 0 bridgehead atoms. The number of Topliss-reactive ketones (excluding diaryl/α,β-unsaturated/α-hetero) is 1. The van der Waals surface area contributed by atoms with Crippen LogP contribution in [0.4, 0.5) is 11.6 Å². The maximum atomic E-state index is 11.9. The van der Waals surface area contributed by atoms with Gasteiger partial charge in [0.05, 0.1) is 28.3 Å². The Morgan fingerprint density at radius 3 is 2.68 bits per heavy atom. The second-order valence-electron chi connectivity index (χ2n) is 5.40. The lowest BCUT2D eigenvalue weighted by molar-refractivity contribution is 0.102. The van der Waals surface area contributed by atoms with Gasteiger partial charge in [0.25, 0.3) is 0 Å². The van der Waals surface area contributed by atoms with Gasteiger partial charge in [-0.1, -0.05) is 23.7 Å². The highest BCUT2D eigenvalue weighted by molar-refractivity contribution is 7.21. The molecule has 1 aromatic carbocycles. The van der Waals surface area contributed by atoms with Crippen LogP contribution in [-0.4, -0.2) is 36.0 Å². The molecule has 3 rings (SSSR count). The quantitative estimate of drug-likeness (QED) is 0.501. The number of anilines is 2. The van der Waals surface area contributed by atoms with Crippen molar-refractivity contribution in [1.29, 1.82) is 0 Å². The van der Waals surface area contributed by atoms with E-state index in [1.807, 2.05) is 12.1 Å². The predicted octanol–water partition coefficient (Wildman–Crippen LogP) is 3.85. The highest BCUT2D eigenvalue weighted by Gasteiger charge is 2.20. The molecule has 2 aromatic heterocycles. The molecule has 0 fully saturated rings. The number of nitrogens with one attached hydrogen (secondary N) is 1. The monoisotopic (exact) mass is 376 g/mol. The fourth-order valence-electron chi connectivity index (χ4n) is 2.44. The first kappa shape index (κ1) is 17.6. The van der Waals surface area contributed by atoms with Crippen LogP contribution in [-0.2, 0) is 4.74 Å². The summed E-state index contributed by atoms with van der Waals surface area (Å²) in [5.41, 5.74) is 8.16. The van der Waals surface area contributed by atoms with E-state index in [9.17, 15) is 4.79 Å². The number of hydrogen-bond acceptors (Lipinski definition) is 7. The van der Waals surface area contributed by atoms with E-state index in [2.05, 4.69) is 15.3 Å². The Kier molecular flexibility index (Phi) is 5.17. The number of methoxy groups -OCH3 is 1. The third-order valence-electron chi connectivity index (χ3n) is 3.62. The molecular weight excluding hydrogens is 360 g/mol. The molecule has 0 atom stereocenters. The number of carbonyl (C=O) groups excluding carboxylic acids is 1. The van der Waals surface area contributed by atoms with Gasteiger partial charge in [0.15, 0.2) is 5.78 Å². The van der Waals surface area contributed by atoms with Gasteiger partial charge in [-0.25, -0.2) is 9.97 Å². The number of hydrogen-bond donors (Lipinski definition) is 2. The van der Waals surface area contributed by atoms with Crippen LogP contribution >= 0.6 is 22.9 Å². The van der Waals surface area contributed by atoms with Gasteiger partial charge in [-0.3, -0.25) is 4.79 Å². The smallest absolute Gasteiger partial charge is 0.224 e. The van der Waals surface area contributed by atoms with Crippen LogP contribution in [0.25, 0.3) is 21.5 Å². The van der Waals surface area contributed by atoms with Crippen molar-refractivity contribution < 1.29 is 9.53 Å². The number of nitrogen functional groups attached to an aromatic ring is 1. The van der Waals surface area contributed by atoms with Gasteiger partial charge in [0, 0.05) is 31.2 Å². The molecule has 25 heavy (non-hydrogen) atoms. The number of nitrogens with two attached hydrogens (primary N) is 1. The average molecular weight is 377 g/mol. The molecule has 2 heterocycles. The van der Waals surface area contributed by atoms with E-state index >= 15 is 0 Å². The molecule has 0 saturated heterocycles. The average Bonchev–Trinajstić information content (AvgIpc) is 2.92. The van der Waals surface area contributed by atoms with Crippen molar-refractivity contribution in [3.63, 3.8) is 0 Å². The number of benzene rings is 1. The molecule has 0 aliphatic carbocycles. The van der Waals surface area contributed by atoms with E-state index < -0.39 is 0 Å². The molecule has 0 unspecified atom stereocenters. The first-order valence-corrected chi connectivity index (χ1v) is 8.80. The highest BCUT2D eigenvalue weighted by atomic mass is 35.5. The number of thiophene rings is 1. The Bertz CT molecular complexity index is 925. The van der Waals surface area contributed by atoms with E-state index in [0.29, 0.717) is 50.6 Å². The van der Waals surface area contributed by atoms with Crippen molar-refractivity contribution in [2.24, 2.45) is 0 Å². The Morgan fingerprint density at radius 1 is 1.32 bits per heavy atom. The van der Waals surface area contributed by atoms with Crippen LogP contribution in [0.5, 0.6) is 0 Å². The maximum Gasteiger partial charge on any atom is 0.224 e. The Balaban J connectivity index is 2.19. The molecule has 8 heteroatoms. The van der Waals surface area contributed by atoms with E-state index in [-0.39, 0.29) is 5.78 Å². The number of fused-ring (bicyclic) bond motifs is 1. The van der Waals surface area contributed by atoms with Crippen molar-refractivity contribution >= 4 is 50.6 Å². The number of rotatable bonds is 6. The summed E-state index contributed by atoms with van der Waals surface area (Å²) in [6.07, 6.45) is 0. The maximum absolute atomic E-state index is 11.9. The van der Waals surface area contributed by atoms with Crippen LogP contribution in [0, 0.1) is 0 Å². The van der Waals surface area contributed by atoms with Gasteiger partial charge >= 0.3 is 0 Å². The predicted molar refractivity (Wildman–Crippen MR) is 103 cm³/mol. The molecule has 6 nitrogen and oxygen atoms in total. The summed E-state index contributed by atoms with van der Waals surface area (Å²) in [5.74, 6) is 0.377. The lowest BCUT2D eigenvalue weighted by Gasteiger charge is -2.09. The number of carbonyl (C=O) groups is 1. The van der Waals surface area contributed by atoms with Crippen molar-refractivity contribution in [2.45, 2.75) is 6.92 Å². The number of ether oxygens (including phenoxy) is 1. The first-order valence-electron chi connectivity index (χ1n) is 7.61. The van der Waals surface area contributed by atoms with E-state index in [0.717, 1.165) is 5.56 Å². The summed E-state index contributed by atoms with van der Waals surface area (Å²) in [6.45, 7) is 2.60. The van der Waals surface area contributed by atoms with Crippen LogP contribution in [0.15, 0.2) is 24.3 Å². The number of halogens is 1. The summed E-state index contributed by atoms with van der Waals surface area (Å²) in [5, 5.41) is 4.45. The topological polar surface area (TPSA) is 90.1 Å². The SMILES string of the molecule is COCCNc1nc(-c2ccc(Cl)cc2)c2c(N)c(C(C)=O)sc2n1. The van der Waals surface area contributed by atoms with Gasteiger partial charge in [-0.15, -0.1) is 11.3 Å². The van der Waals surface area contributed by atoms with E-state index in [1.165, 1.54) is 18.3 Å². The number of nitrogens with zero attached hydrogens (tertiary/aromatic N) is 2. The molecule has 0 saturated carbocycles. The second kappa shape index (κ2) is 7.35. The molecule has 0 aliphatic heterocycles. The van der Waals surface area contributed by atoms with Crippen LogP contribution < -0.4 is 11.1 Å². The minimum Gasteiger partial charge on any atom is -0.397 e. The third kappa shape index (κ3) is 3.58. The standard InChI is InChI=1S/C17H17ClN4O2S/c1-9(23)15-13(19)12-14(10-3-5-11(18)6-4-10)21-17(20-7-8-24-2)22-16(12)25-15/h3-6H,7-8,19H2,1-2H3,(H,20,21,22). The number of aromatic nitrogens is 2. The zero-order valence-corrected chi connectivity index (χ0v) is 15.4.